The maximum Gasteiger partial charge on any atom is 0.0792 e. The molecule has 0 saturated heterocycles. The summed E-state index contributed by atoms with van der Waals surface area (Å²) >= 11 is 6.33. The van der Waals surface area contributed by atoms with E-state index < -0.39 is 0 Å². The van der Waals surface area contributed by atoms with Gasteiger partial charge in [-0.15, -0.1) is 11.6 Å². The van der Waals surface area contributed by atoms with E-state index in [1.807, 2.05) is 0 Å². The summed E-state index contributed by atoms with van der Waals surface area (Å²) in [5.74, 6) is 0. The first-order valence-corrected chi connectivity index (χ1v) is 6.15. The quantitative estimate of drug-likeness (QED) is 0.457. The van der Waals surface area contributed by atoms with Gasteiger partial charge in [0.25, 0.3) is 0 Å². The van der Waals surface area contributed by atoms with Gasteiger partial charge in [0, 0.05) is 0 Å². The van der Waals surface area contributed by atoms with Gasteiger partial charge in [-0.3, -0.25) is 0 Å². The third kappa shape index (κ3) is 5.87. The van der Waals surface area contributed by atoms with E-state index in [9.17, 15) is 0 Å². The molecule has 2 heteroatoms. The Bertz CT molecular complexity index is 143. The van der Waals surface area contributed by atoms with Crippen molar-refractivity contribution in [2.45, 2.75) is 77.4 Å². The fourth-order valence-electron chi connectivity index (χ4n) is 1.60. The molecule has 86 valence electrons. The molecule has 0 aliphatic carbocycles. The highest BCUT2D eigenvalue weighted by Crippen LogP contribution is 2.26. The predicted molar refractivity (Wildman–Crippen MR) is 64.1 cm³/mol. The summed E-state index contributed by atoms with van der Waals surface area (Å²) in [5.41, 5.74) is -0.205. The Labute approximate surface area is 94.2 Å². The van der Waals surface area contributed by atoms with E-state index >= 15 is 0 Å². The molecule has 0 aliphatic heterocycles. The molecule has 0 heterocycles. The highest BCUT2D eigenvalue weighted by molar-refractivity contribution is 6.21. The Morgan fingerprint density at radius 3 is 2.21 bits per heavy atom. The first-order valence-electron chi connectivity index (χ1n) is 5.72. The molecule has 0 spiro atoms. The van der Waals surface area contributed by atoms with Crippen LogP contribution in [0.5, 0.6) is 0 Å². The van der Waals surface area contributed by atoms with E-state index in [-0.39, 0.29) is 17.1 Å². The Hall–Kier alpha value is 0.250. The van der Waals surface area contributed by atoms with Gasteiger partial charge in [0.15, 0.2) is 0 Å². The average Bonchev–Trinajstić information content (AvgIpc) is 2.02. The molecule has 1 unspecified atom stereocenters. The van der Waals surface area contributed by atoms with Crippen LogP contribution in [0.15, 0.2) is 0 Å². The molecular formula is C12H25ClO. The minimum Gasteiger partial charge on any atom is -0.371 e. The normalized spacial score (nSPS) is 14.8. The van der Waals surface area contributed by atoms with Crippen LogP contribution in [0.25, 0.3) is 0 Å². The predicted octanol–water partition coefficient (Wildman–Crippen LogP) is 4.38. The summed E-state index contributed by atoms with van der Waals surface area (Å²) < 4.78 is 5.80. The van der Waals surface area contributed by atoms with Gasteiger partial charge >= 0.3 is 0 Å². The average molecular weight is 221 g/mol. The van der Waals surface area contributed by atoms with Crippen molar-refractivity contribution in [1.82, 2.24) is 0 Å². The first-order chi connectivity index (χ1) is 6.40. The third-order valence-electron chi connectivity index (χ3n) is 2.35. The van der Waals surface area contributed by atoms with Crippen LogP contribution < -0.4 is 0 Å². The molecule has 0 aromatic carbocycles. The summed E-state index contributed by atoms with van der Waals surface area (Å²) in [5, 5.41) is 0.122. The van der Waals surface area contributed by atoms with Crippen LogP contribution in [0, 0.1) is 0 Å². The molecule has 14 heavy (non-hydrogen) atoms. The fraction of sp³-hybridized carbons (Fsp3) is 1.00. The zero-order valence-electron chi connectivity index (χ0n) is 10.3. The second kappa shape index (κ2) is 6.68. The second-order valence-corrected chi connectivity index (χ2v) is 5.26. The van der Waals surface area contributed by atoms with Crippen molar-refractivity contribution in [1.29, 1.82) is 0 Å². The molecule has 0 amide bonds. The van der Waals surface area contributed by atoms with E-state index in [2.05, 4.69) is 34.6 Å². The molecule has 1 nitrogen and oxygen atoms in total. The number of rotatable bonds is 7. The maximum atomic E-state index is 6.33. The highest BCUT2D eigenvalue weighted by Gasteiger charge is 2.29. The summed E-state index contributed by atoms with van der Waals surface area (Å²) in [6, 6.07) is 0. The Kier molecular flexibility index (Phi) is 6.80. The van der Waals surface area contributed by atoms with Crippen LogP contribution in [-0.4, -0.2) is 17.1 Å². The van der Waals surface area contributed by atoms with Crippen LogP contribution in [0.2, 0.25) is 0 Å². The lowest BCUT2D eigenvalue weighted by atomic mass is 9.99. The third-order valence-corrected chi connectivity index (χ3v) is 3.10. The van der Waals surface area contributed by atoms with E-state index in [0.29, 0.717) is 0 Å². The second-order valence-electron chi connectivity index (χ2n) is 4.73. The van der Waals surface area contributed by atoms with Crippen molar-refractivity contribution in [2.24, 2.45) is 0 Å². The Morgan fingerprint density at radius 2 is 1.79 bits per heavy atom. The SMILES string of the molecule is CCCCCC(Cl)C(C)(C)OC(C)C. The van der Waals surface area contributed by atoms with E-state index in [1.54, 1.807) is 0 Å². The van der Waals surface area contributed by atoms with Crippen LogP contribution in [0.1, 0.15) is 60.3 Å². The topological polar surface area (TPSA) is 9.23 Å². The first kappa shape index (κ1) is 14.2. The molecule has 0 aromatic rings. The van der Waals surface area contributed by atoms with Crippen LogP contribution in [-0.2, 0) is 4.74 Å². The van der Waals surface area contributed by atoms with Gasteiger partial charge in [0.05, 0.1) is 17.1 Å². The fourth-order valence-corrected chi connectivity index (χ4v) is 1.81. The van der Waals surface area contributed by atoms with Crippen molar-refractivity contribution in [2.75, 3.05) is 0 Å². The van der Waals surface area contributed by atoms with Gasteiger partial charge in [0.1, 0.15) is 0 Å². The molecule has 1 atom stereocenters. The van der Waals surface area contributed by atoms with Crippen molar-refractivity contribution >= 4 is 11.6 Å². The number of halogens is 1. The smallest absolute Gasteiger partial charge is 0.0792 e. The molecule has 0 radical (unpaired) electrons. The van der Waals surface area contributed by atoms with Gasteiger partial charge in [-0.2, -0.15) is 0 Å². The molecule has 0 N–H and O–H groups in total. The zero-order chi connectivity index (χ0) is 11.2. The summed E-state index contributed by atoms with van der Waals surface area (Å²) in [7, 11) is 0. The number of unbranched alkanes of at least 4 members (excludes halogenated alkanes) is 2. The van der Waals surface area contributed by atoms with Crippen molar-refractivity contribution < 1.29 is 4.74 Å². The van der Waals surface area contributed by atoms with Crippen LogP contribution >= 0.6 is 11.6 Å². The molecule has 0 saturated carbocycles. The Morgan fingerprint density at radius 1 is 1.21 bits per heavy atom. The number of hydrogen-bond acceptors (Lipinski definition) is 1. The lowest BCUT2D eigenvalue weighted by Gasteiger charge is -2.32. The summed E-state index contributed by atoms with van der Waals surface area (Å²) in [4.78, 5) is 0. The van der Waals surface area contributed by atoms with Crippen LogP contribution in [0.4, 0.5) is 0 Å². The number of alkyl halides is 1. The van der Waals surface area contributed by atoms with Gasteiger partial charge in [-0.05, 0) is 34.1 Å². The molecule has 0 aromatic heterocycles. The summed E-state index contributed by atoms with van der Waals surface area (Å²) in [6.45, 7) is 10.5. The number of hydrogen-bond donors (Lipinski definition) is 0. The van der Waals surface area contributed by atoms with E-state index in [1.165, 1.54) is 19.3 Å². The monoisotopic (exact) mass is 220 g/mol. The van der Waals surface area contributed by atoms with E-state index in [0.717, 1.165) is 6.42 Å². The number of ether oxygens (including phenoxy) is 1. The molecule has 0 aliphatic rings. The summed E-state index contributed by atoms with van der Waals surface area (Å²) in [6.07, 6.45) is 5.01. The van der Waals surface area contributed by atoms with Gasteiger partial charge < -0.3 is 4.74 Å². The zero-order valence-corrected chi connectivity index (χ0v) is 11.0. The van der Waals surface area contributed by atoms with E-state index in [4.69, 9.17) is 16.3 Å². The molecular weight excluding hydrogens is 196 g/mol. The van der Waals surface area contributed by atoms with Crippen molar-refractivity contribution in [3.63, 3.8) is 0 Å². The molecule has 0 bridgehead atoms. The van der Waals surface area contributed by atoms with Gasteiger partial charge in [-0.25, -0.2) is 0 Å². The molecule has 0 rings (SSSR count). The van der Waals surface area contributed by atoms with Crippen molar-refractivity contribution in [3.8, 4) is 0 Å². The van der Waals surface area contributed by atoms with Gasteiger partial charge in [-0.1, -0.05) is 26.2 Å². The standard InChI is InChI=1S/C12H25ClO/c1-6-7-8-9-11(13)12(4,5)14-10(2)3/h10-11H,6-9H2,1-5H3. The lowest BCUT2D eigenvalue weighted by Crippen LogP contribution is -2.37. The lowest BCUT2D eigenvalue weighted by molar-refractivity contribution is -0.0587. The van der Waals surface area contributed by atoms with Crippen LogP contribution in [0.3, 0.4) is 0 Å². The Balaban J connectivity index is 3.87. The highest BCUT2D eigenvalue weighted by atomic mass is 35.5. The van der Waals surface area contributed by atoms with Crippen molar-refractivity contribution in [3.05, 3.63) is 0 Å². The minimum absolute atomic E-state index is 0.122. The largest absolute Gasteiger partial charge is 0.371 e. The minimum atomic E-state index is -0.205. The maximum absolute atomic E-state index is 6.33. The van der Waals surface area contributed by atoms with Gasteiger partial charge in [0.2, 0.25) is 0 Å². The molecule has 0 fully saturated rings.